The minimum absolute atomic E-state index is 0.00967. The first-order valence-electron chi connectivity index (χ1n) is 6.34. The van der Waals surface area contributed by atoms with Gasteiger partial charge < -0.3 is 5.32 Å². The summed E-state index contributed by atoms with van der Waals surface area (Å²) in [5.41, 5.74) is 0.0431. The third-order valence-electron chi connectivity index (χ3n) is 3.66. The van der Waals surface area contributed by atoms with Gasteiger partial charge in [-0.25, -0.2) is 0 Å². The molecule has 1 aromatic carbocycles. The van der Waals surface area contributed by atoms with Crippen LogP contribution >= 0.6 is 11.6 Å². The van der Waals surface area contributed by atoms with Crippen molar-refractivity contribution in [1.82, 2.24) is 0 Å². The highest BCUT2D eigenvalue weighted by molar-refractivity contribution is 6.18. The van der Waals surface area contributed by atoms with Crippen molar-refractivity contribution in [2.24, 2.45) is 5.41 Å². The first-order valence-corrected chi connectivity index (χ1v) is 6.87. The van der Waals surface area contributed by atoms with Gasteiger partial charge in [0.15, 0.2) is 0 Å². The summed E-state index contributed by atoms with van der Waals surface area (Å²) < 4.78 is 37.3. The van der Waals surface area contributed by atoms with E-state index in [-0.39, 0.29) is 5.41 Å². The lowest BCUT2D eigenvalue weighted by Gasteiger charge is -2.30. The Labute approximate surface area is 117 Å². The Bertz CT molecular complexity index is 374. The summed E-state index contributed by atoms with van der Waals surface area (Å²) in [7, 11) is 0. The Morgan fingerprint density at radius 3 is 1.95 bits per heavy atom. The lowest BCUT2D eigenvalue weighted by atomic mass is 9.84. The zero-order valence-corrected chi connectivity index (χ0v) is 11.9. The third-order valence-corrected chi connectivity index (χ3v) is 4.23. The minimum Gasteiger partial charge on any atom is -0.384 e. The Balaban J connectivity index is 2.69. The minimum atomic E-state index is -4.29. The molecule has 0 aliphatic heterocycles. The summed E-state index contributed by atoms with van der Waals surface area (Å²) >= 11 is 5.99. The van der Waals surface area contributed by atoms with E-state index in [1.807, 2.05) is 0 Å². The van der Waals surface area contributed by atoms with E-state index in [0.717, 1.165) is 25.0 Å². The van der Waals surface area contributed by atoms with E-state index in [4.69, 9.17) is 11.6 Å². The van der Waals surface area contributed by atoms with E-state index >= 15 is 0 Å². The quantitative estimate of drug-likeness (QED) is 0.714. The molecule has 0 radical (unpaired) electrons. The third kappa shape index (κ3) is 4.30. The fourth-order valence-electron chi connectivity index (χ4n) is 1.80. The van der Waals surface area contributed by atoms with Gasteiger partial charge in [0.05, 0.1) is 5.56 Å². The summed E-state index contributed by atoms with van der Waals surface area (Å²) in [6, 6.07) is 5.07. The van der Waals surface area contributed by atoms with Crippen molar-refractivity contribution in [2.75, 3.05) is 17.7 Å². The predicted octanol–water partition coefficient (Wildman–Crippen LogP) is 5.16. The van der Waals surface area contributed by atoms with Gasteiger partial charge in [-0.2, -0.15) is 13.2 Å². The Morgan fingerprint density at radius 1 is 1.05 bits per heavy atom. The van der Waals surface area contributed by atoms with Crippen molar-refractivity contribution in [1.29, 1.82) is 0 Å². The molecule has 0 heterocycles. The molecule has 0 aliphatic rings. The second-order valence-corrected chi connectivity index (χ2v) is 5.04. The predicted molar refractivity (Wildman–Crippen MR) is 73.7 cm³/mol. The van der Waals surface area contributed by atoms with Crippen LogP contribution in [0, 0.1) is 5.41 Å². The normalized spacial score (nSPS) is 12.5. The molecule has 19 heavy (non-hydrogen) atoms. The van der Waals surface area contributed by atoms with Gasteiger partial charge in [-0.1, -0.05) is 13.8 Å². The van der Waals surface area contributed by atoms with E-state index in [0.29, 0.717) is 18.1 Å². The second kappa shape index (κ2) is 6.51. The average Bonchev–Trinajstić information content (AvgIpc) is 2.40. The molecule has 5 heteroatoms. The highest BCUT2D eigenvalue weighted by atomic mass is 35.5. The van der Waals surface area contributed by atoms with Crippen LogP contribution < -0.4 is 5.32 Å². The fourth-order valence-corrected chi connectivity index (χ4v) is 2.28. The van der Waals surface area contributed by atoms with E-state index in [9.17, 15) is 13.2 Å². The van der Waals surface area contributed by atoms with Crippen molar-refractivity contribution in [3.8, 4) is 0 Å². The van der Waals surface area contributed by atoms with E-state index < -0.39 is 11.7 Å². The van der Waals surface area contributed by atoms with Crippen molar-refractivity contribution >= 4 is 17.3 Å². The molecule has 1 rings (SSSR count). The summed E-state index contributed by atoms with van der Waals surface area (Å²) in [4.78, 5) is 0. The molecule has 0 spiro atoms. The van der Waals surface area contributed by atoms with Crippen LogP contribution in [0.5, 0.6) is 0 Å². The van der Waals surface area contributed by atoms with Crippen LogP contribution in [-0.4, -0.2) is 12.4 Å². The topological polar surface area (TPSA) is 12.0 Å². The zero-order chi connectivity index (χ0) is 14.5. The Kier molecular flexibility index (Phi) is 5.53. The monoisotopic (exact) mass is 293 g/mol. The maximum absolute atomic E-state index is 12.4. The van der Waals surface area contributed by atoms with Crippen LogP contribution in [0.3, 0.4) is 0 Å². The number of anilines is 1. The summed E-state index contributed by atoms with van der Waals surface area (Å²) in [6.07, 6.45) is -2.42. The first kappa shape index (κ1) is 16.2. The van der Waals surface area contributed by atoms with Gasteiger partial charge in [-0.3, -0.25) is 0 Å². The SMILES string of the molecule is CCC(CC)(CCl)CNc1ccc(C(F)(F)F)cc1. The zero-order valence-electron chi connectivity index (χ0n) is 11.1. The van der Waals surface area contributed by atoms with Gasteiger partial charge in [0, 0.05) is 23.5 Å². The van der Waals surface area contributed by atoms with Crippen LogP contribution in [-0.2, 0) is 6.18 Å². The fraction of sp³-hybridized carbons (Fsp3) is 0.571. The number of rotatable bonds is 6. The standard InChI is InChI=1S/C14H19ClF3N/c1-3-13(4-2,9-15)10-19-12-7-5-11(6-8-12)14(16,17)18/h5-8,19H,3-4,9-10H2,1-2H3. The molecule has 1 N–H and O–H groups in total. The summed E-state index contributed by atoms with van der Waals surface area (Å²) in [5.74, 6) is 0.535. The molecule has 0 fully saturated rings. The highest BCUT2D eigenvalue weighted by Gasteiger charge is 2.30. The Morgan fingerprint density at radius 2 is 1.58 bits per heavy atom. The molecule has 0 atom stereocenters. The van der Waals surface area contributed by atoms with Crippen molar-refractivity contribution in [2.45, 2.75) is 32.9 Å². The van der Waals surface area contributed by atoms with Gasteiger partial charge in [0.1, 0.15) is 0 Å². The van der Waals surface area contributed by atoms with Crippen LogP contribution in [0.4, 0.5) is 18.9 Å². The van der Waals surface area contributed by atoms with Crippen molar-refractivity contribution in [3.63, 3.8) is 0 Å². The van der Waals surface area contributed by atoms with Gasteiger partial charge >= 0.3 is 6.18 Å². The van der Waals surface area contributed by atoms with E-state index in [1.54, 1.807) is 0 Å². The number of halogens is 4. The molecule has 0 aliphatic carbocycles. The van der Waals surface area contributed by atoms with Crippen LogP contribution in [0.1, 0.15) is 32.3 Å². The summed E-state index contributed by atoms with van der Waals surface area (Å²) in [6.45, 7) is 4.80. The molecule has 1 aromatic rings. The molecule has 1 nitrogen and oxygen atoms in total. The molecular weight excluding hydrogens is 275 g/mol. The molecule has 0 bridgehead atoms. The number of hydrogen-bond acceptors (Lipinski definition) is 1. The second-order valence-electron chi connectivity index (χ2n) is 4.77. The molecule has 0 saturated carbocycles. The lowest BCUT2D eigenvalue weighted by Crippen LogP contribution is -2.30. The van der Waals surface area contributed by atoms with Crippen LogP contribution in [0.25, 0.3) is 0 Å². The maximum Gasteiger partial charge on any atom is 0.416 e. The maximum atomic E-state index is 12.4. The molecule has 0 unspecified atom stereocenters. The van der Waals surface area contributed by atoms with Crippen molar-refractivity contribution in [3.05, 3.63) is 29.8 Å². The first-order chi connectivity index (χ1) is 8.87. The smallest absolute Gasteiger partial charge is 0.384 e. The highest BCUT2D eigenvalue weighted by Crippen LogP contribution is 2.31. The van der Waals surface area contributed by atoms with Gasteiger partial charge in [-0.05, 0) is 37.1 Å². The van der Waals surface area contributed by atoms with Gasteiger partial charge in [-0.15, -0.1) is 11.6 Å². The van der Waals surface area contributed by atoms with Crippen LogP contribution in [0.15, 0.2) is 24.3 Å². The lowest BCUT2D eigenvalue weighted by molar-refractivity contribution is -0.137. The average molecular weight is 294 g/mol. The van der Waals surface area contributed by atoms with Gasteiger partial charge in [0.2, 0.25) is 0 Å². The van der Waals surface area contributed by atoms with Crippen molar-refractivity contribution < 1.29 is 13.2 Å². The Hall–Kier alpha value is -0.900. The molecule has 108 valence electrons. The summed E-state index contributed by atoms with van der Waals surface area (Å²) in [5, 5.41) is 3.17. The number of nitrogens with one attached hydrogen (secondary N) is 1. The van der Waals surface area contributed by atoms with E-state index in [2.05, 4.69) is 19.2 Å². The molecule has 0 saturated heterocycles. The molecule has 0 aromatic heterocycles. The van der Waals surface area contributed by atoms with Gasteiger partial charge in [0.25, 0.3) is 0 Å². The molecule has 0 amide bonds. The number of hydrogen-bond donors (Lipinski definition) is 1. The van der Waals surface area contributed by atoms with Crippen LogP contribution in [0.2, 0.25) is 0 Å². The number of alkyl halides is 4. The molecular formula is C14H19ClF3N. The van der Waals surface area contributed by atoms with E-state index in [1.165, 1.54) is 12.1 Å². The number of benzene rings is 1. The largest absolute Gasteiger partial charge is 0.416 e.